The molecule has 2 heterocycles. The standard InChI is InChI=1S/C19H17N3O3/c1-12-2-4-18-16(8-12)21-19(24)15-9-13(3-5-17(15)25-18)14-10-20-22(11-14)6-7-23/h2-5,8-11,23H,6-7H2,1H3,(H,21,24). The Morgan fingerprint density at radius 2 is 2.00 bits per heavy atom. The minimum Gasteiger partial charge on any atom is -0.454 e. The number of aromatic nitrogens is 2. The zero-order valence-electron chi connectivity index (χ0n) is 13.7. The van der Waals surface area contributed by atoms with E-state index in [4.69, 9.17) is 9.84 Å². The maximum Gasteiger partial charge on any atom is 0.259 e. The maximum atomic E-state index is 12.6. The van der Waals surface area contributed by atoms with E-state index >= 15 is 0 Å². The summed E-state index contributed by atoms with van der Waals surface area (Å²) in [6, 6.07) is 11.2. The van der Waals surface area contributed by atoms with Crippen molar-refractivity contribution in [2.45, 2.75) is 13.5 Å². The predicted octanol–water partition coefficient (Wildman–Crippen LogP) is 3.21. The highest BCUT2D eigenvalue weighted by molar-refractivity contribution is 6.08. The zero-order chi connectivity index (χ0) is 17.4. The highest BCUT2D eigenvalue weighted by Gasteiger charge is 2.21. The van der Waals surface area contributed by atoms with Gasteiger partial charge in [0, 0.05) is 11.8 Å². The molecule has 0 fully saturated rings. The number of carbonyl (C=O) groups is 1. The first kappa shape index (κ1) is 15.4. The second kappa shape index (κ2) is 6.07. The van der Waals surface area contributed by atoms with Crippen molar-refractivity contribution in [1.82, 2.24) is 9.78 Å². The predicted molar refractivity (Wildman–Crippen MR) is 94.0 cm³/mol. The van der Waals surface area contributed by atoms with Crippen LogP contribution in [-0.2, 0) is 6.54 Å². The normalized spacial score (nSPS) is 12.6. The highest BCUT2D eigenvalue weighted by Crippen LogP contribution is 2.37. The van der Waals surface area contributed by atoms with E-state index in [1.54, 1.807) is 23.0 Å². The number of nitrogens with one attached hydrogen (secondary N) is 1. The number of rotatable bonds is 3. The molecule has 0 saturated carbocycles. The van der Waals surface area contributed by atoms with Gasteiger partial charge in [-0.05, 0) is 42.3 Å². The lowest BCUT2D eigenvalue weighted by Crippen LogP contribution is -2.10. The first-order valence-electron chi connectivity index (χ1n) is 8.01. The van der Waals surface area contributed by atoms with Crippen molar-refractivity contribution >= 4 is 11.6 Å². The van der Waals surface area contributed by atoms with Gasteiger partial charge in [0.25, 0.3) is 5.91 Å². The Morgan fingerprint density at radius 1 is 1.16 bits per heavy atom. The number of aliphatic hydroxyl groups is 1. The largest absolute Gasteiger partial charge is 0.454 e. The summed E-state index contributed by atoms with van der Waals surface area (Å²) >= 11 is 0. The Bertz CT molecular complexity index is 962. The topological polar surface area (TPSA) is 76.4 Å². The molecule has 1 aromatic heterocycles. The summed E-state index contributed by atoms with van der Waals surface area (Å²) in [7, 11) is 0. The van der Waals surface area contributed by atoms with E-state index in [2.05, 4.69) is 10.4 Å². The van der Waals surface area contributed by atoms with Crippen LogP contribution in [-0.4, -0.2) is 27.4 Å². The fraction of sp³-hybridized carbons (Fsp3) is 0.158. The molecule has 126 valence electrons. The van der Waals surface area contributed by atoms with Gasteiger partial charge in [-0.3, -0.25) is 9.48 Å². The summed E-state index contributed by atoms with van der Waals surface area (Å²) in [6.45, 7) is 2.43. The van der Waals surface area contributed by atoms with Gasteiger partial charge in [0.05, 0.1) is 30.6 Å². The summed E-state index contributed by atoms with van der Waals surface area (Å²) in [5, 5.41) is 16.1. The molecule has 0 atom stereocenters. The van der Waals surface area contributed by atoms with Crippen molar-refractivity contribution in [2.24, 2.45) is 0 Å². The molecule has 2 N–H and O–H groups in total. The van der Waals surface area contributed by atoms with Crippen molar-refractivity contribution in [3.05, 3.63) is 59.9 Å². The van der Waals surface area contributed by atoms with Crippen molar-refractivity contribution in [3.8, 4) is 22.6 Å². The van der Waals surface area contributed by atoms with Gasteiger partial charge in [-0.2, -0.15) is 5.10 Å². The van der Waals surface area contributed by atoms with Crippen molar-refractivity contribution in [2.75, 3.05) is 11.9 Å². The van der Waals surface area contributed by atoms with Gasteiger partial charge in [0.1, 0.15) is 5.75 Å². The van der Waals surface area contributed by atoms with E-state index in [9.17, 15) is 4.79 Å². The van der Waals surface area contributed by atoms with Gasteiger partial charge < -0.3 is 15.2 Å². The molecule has 0 saturated heterocycles. The second-order valence-electron chi connectivity index (χ2n) is 5.98. The number of fused-ring (bicyclic) bond motifs is 2. The van der Waals surface area contributed by atoms with Gasteiger partial charge in [-0.25, -0.2) is 0 Å². The average molecular weight is 335 g/mol. The fourth-order valence-electron chi connectivity index (χ4n) is 2.85. The first-order chi connectivity index (χ1) is 12.1. The minimum atomic E-state index is -0.205. The number of nitrogens with zero attached hydrogens (tertiary/aromatic N) is 2. The molecule has 6 heteroatoms. The van der Waals surface area contributed by atoms with Crippen LogP contribution < -0.4 is 10.1 Å². The van der Waals surface area contributed by atoms with Gasteiger partial charge in [0.2, 0.25) is 0 Å². The summed E-state index contributed by atoms with van der Waals surface area (Å²) in [6.07, 6.45) is 3.55. The third-order valence-corrected chi connectivity index (χ3v) is 4.12. The van der Waals surface area contributed by atoms with Crippen LogP contribution in [0.15, 0.2) is 48.8 Å². The van der Waals surface area contributed by atoms with E-state index in [-0.39, 0.29) is 12.5 Å². The van der Waals surface area contributed by atoms with Gasteiger partial charge in [-0.1, -0.05) is 12.1 Å². The van der Waals surface area contributed by atoms with Crippen LogP contribution in [0.2, 0.25) is 0 Å². The lowest BCUT2D eigenvalue weighted by atomic mass is 10.0. The summed E-state index contributed by atoms with van der Waals surface area (Å²) in [5.41, 5.74) is 3.93. The summed E-state index contributed by atoms with van der Waals surface area (Å²) in [4.78, 5) is 12.6. The Kier molecular flexibility index (Phi) is 3.74. The third kappa shape index (κ3) is 2.88. The monoisotopic (exact) mass is 335 g/mol. The molecule has 4 rings (SSSR count). The Balaban J connectivity index is 1.72. The maximum absolute atomic E-state index is 12.6. The lowest BCUT2D eigenvalue weighted by Gasteiger charge is -2.08. The summed E-state index contributed by atoms with van der Waals surface area (Å²) < 4.78 is 7.59. The molecule has 0 radical (unpaired) electrons. The van der Waals surface area contributed by atoms with Gasteiger partial charge >= 0.3 is 0 Å². The quantitative estimate of drug-likeness (QED) is 0.770. The van der Waals surface area contributed by atoms with Crippen LogP contribution in [0.3, 0.4) is 0 Å². The van der Waals surface area contributed by atoms with Crippen LogP contribution >= 0.6 is 0 Å². The number of hydrogen-bond donors (Lipinski definition) is 2. The molecule has 6 nitrogen and oxygen atoms in total. The van der Waals surface area contributed by atoms with Crippen LogP contribution in [0, 0.1) is 6.92 Å². The molecule has 0 unspecified atom stereocenters. The molecular formula is C19H17N3O3. The molecule has 1 aliphatic heterocycles. The van der Waals surface area contributed by atoms with Crippen molar-refractivity contribution < 1.29 is 14.6 Å². The summed E-state index contributed by atoms with van der Waals surface area (Å²) in [5.74, 6) is 0.941. The minimum absolute atomic E-state index is 0.0270. The van der Waals surface area contributed by atoms with E-state index in [1.165, 1.54) is 0 Å². The number of benzene rings is 2. The molecular weight excluding hydrogens is 318 g/mol. The van der Waals surface area contributed by atoms with Crippen LogP contribution in [0.5, 0.6) is 11.5 Å². The van der Waals surface area contributed by atoms with Gasteiger partial charge in [0.15, 0.2) is 5.75 Å². The van der Waals surface area contributed by atoms with E-state index in [0.717, 1.165) is 16.7 Å². The fourth-order valence-corrected chi connectivity index (χ4v) is 2.85. The Morgan fingerprint density at radius 3 is 2.84 bits per heavy atom. The molecule has 0 spiro atoms. The number of aryl methyl sites for hydroxylation is 1. The molecule has 1 aliphatic rings. The number of carbonyl (C=O) groups excluding carboxylic acids is 1. The number of aliphatic hydroxyl groups excluding tert-OH is 1. The number of ether oxygens (including phenoxy) is 1. The molecule has 3 aromatic rings. The smallest absolute Gasteiger partial charge is 0.259 e. The molecule has 0 bridgehead atoms. The van der Waals surface area contributed by atoms with Crippen LogP contribution in [0.1, 0.15) is 15.9 Å². The molecule has 0 aliphatic carbocycles. The number of hydrogen-bond acceptors (Lipinski definition) is 4. The van der Waals surface area contributed by atoms with E-state index in [0.29, 0.717) is 29.3 Å². The Labute approximate surface area is 144 Å². The molecule has 1 amide bonds. The van der Waals surface area contributed by atoms with Crippen LogP contribution in [0.25, 0.3) is 11.1 Å². The zero-order valence-corrected chi connectivity index (χ0v) is 13.7. The first-order valence-corrected chi connectivity index (χ1v) is 8.01. The Hall–Kier alpha value is -3.12. The third-order valence-electron chi connectivity index (χ3n) is 4.12. The highest BCUT2D eigenvalue weighted by atomic mass is 16.5. The van der Waals surface area contributed by atoms with Gasteiger partial charge in [-0.15, -0.1) is 0 Å². The van der Waals surface area contributed by atoms with Crippen molar-refractivity contribution in [1.29, 1.82) is 0 Å². The van der Waals surface area contributed by atoms with Crippen LogP contribution in [0.4, 0.5) is 5.69 Å². The number of amides is 1. The second-order valence-corrected chi connectivity index (χ2v) is 5.98. The molecule has 25 heavy (non-hydrogen) atoms. The van der Waals surface area contributed by atoms with E-state index in [1.807, 2.05) is 37.4 Å². The average Bonchev–Trinajstić information content (AvgIpc) is 3.01. The molecule has 2 aromatic carbocycles. The SMILES string of the molecule is Cc1ccc2c(c1)NC(=O)c1cc(-c3cnn(CCO)c3)ccc1O2. The van der Waals surface area contributed by atoms with E-state index < -0.39 is 0 Å². The number of anilines is 1. The van der Waals surface area contributed by atoms with Crippen molar-refractivity contribution in [3.63, 3.8) is 0 Å². The lowest BCUT2D eigenvalue weighted by molar-refractivity contribution is 0.102.